The van der Waals surface area contributed by atoms with E-state index >= 15 is 0 Å². The van der Waals surface area contributed by atoms with Gasteiger partial charge in [-0.25, -0.2) is 0 Å². The summed E-state index contributed by atoms with van der Waals surface area (Å²) in [5.41, 5.74) is 0. The summed E-state index contributed by atoms with van der Waals surface area (Å²) in [6, 6.07) is 0. The van der Waals surface area contributed by atoms with Gasteiger partial charge in [-0.3, -0.25) is 0 Å². The fourth-order valence-corrected chi connectivity index (χ4v) is 3.98. The van der Waals surface area contributed by atoms with Crippen LogP contribution in [0.5, 0.6) is 0 Å². The van der Waals surface area contributed by atoms with E-state index in [1.54, 1.807) is 12.3 Å². The molecule has 2 heteroatoms. The van der Waals surface area contributed by atoms with Gasteiger partial charge in [0, 0.05) is 0 Å². The van der Waals surface area contributed by atoms with Crippen LogP contribution in [0.4, 0.5) is 0 Å². The molecule has 1 saturated heterocycles. The molecule has 0 unspecified atom stereocenters. The Bertz CT molecular complexity index is 44.9. The summed E-state index contributed by atoms with van der Waals surface area (Å²) in [4.78, 5) is -0.391. The van der Waals surface area contributed by atoms with E-state index in [-0.39, 0.29) is 0 Å². The zero-order valence-electron chi connectivity index (χ0n) is 3.29. The average molecular weight is 202 g/mol. The third-order valence-electron chi connectivity index (χ3n) is 0.939. The van der Waals surface area contributed by atoms with Gasteiger partial charge in [0.2, 0.25) is 0 Å². The molecule has 0 amide bonds. The van der Waals surface area contributed by atoms with E-state index in [4.69, 9.17) is 0 Å². The van der Waals surface area contributed by atoms with E-state index in [9.17, 15) is 0 Å². The van der Waals surface area contributed by atoms with Crippen molar-refractivity contribution in [3.63, 3.8) is 0 Å². The number of rotatable bonds is 0. The predicted octanol–water partition coefficient (Wildman–Crippen LogP) is 1.73. The van der Waals surface area contributed by atoms with Gasteiger partial charge in [-0.05, 0) is 0 Å². The zero-order valence-corrected chi connectivity index (χ0v) is 6.45. The monoisotopic (exact) mass is 202 g/mol. The van der Waals surface area contributed by atoms with Crippen LogP contribution in [0.25, 0.3) is 0 Å². The second-order valence-corrected chi connectivity index (χ2v) is 13.6. The van der Waals surface area contributed by atoms with Crippen molar-refractivity contribution in [3.05, 3.63) is 0 Å². The van der Waals surface area contributed by atoms with E-state index in [1.807, 2.05) is 0 Å². The molecule has 32 valence electrons. The van der Waals surface area contributed by atoms with Crippen LogP contribution < -0.4 is 0 Å². The maximum absolute atomic E-state index is 2.63. The van der Waals surface area contributed by atoms with Gasteiger partial charge in [-0.1, -0.05) is 0 Å². The third-order valence-corrected chi connectivity index (χ3v) is 6.05. The summed E-state index contributed by atoms with van der Waals surface area (Å²) in [5, 5.41) is 0. The Balaban J connectivity index is 2.38. The van der Waals surface area contributed by atoms with E-state index in [0.29, 0.717) is 0 Å². The Morgan fingerprint density at radius 3 is 1.80 bits per heavy atom. The topological polar surface area (TPSA) is 0 Å². The van der Waals surface area contributed by atoms with Crippen LogP contribution in [-0.2, 0) is 0 Å². The van der Waals surface area contributed by atoms with Crippen molar-refractivity contribution in [2.75, 3.05) is 19.0 Å². The van der Waals surface area contributed by atoms with Crippen LogP contribution in [0.15, 0.2) is 0 Å². The zero-order chi connectivity index (χ0) is 3.91. The molecule has 1 aliphatic rings. The summed E-state index contributed by atoms with van der Waals surface area (Å²) >= 11 is 2.63. The SMILES string of the molecule is C[PH]1(I)CC1. The molecule has 0 atom stereocenters. The van der Waals surface area contributed by atoms with Crippen molar-refractivity contribution < 1.29 is 0 Å². The van der Waals surface area contributed by atoms with Crippen LogP contribution in [-0.4, -0.2) is 19.0 Å². The summed E-state index contributed by atoms with van der Waals surface area (Å²) in [6.45, 7) is 2.42. The molecule has 0 saturated carbocycles. The van der Waals surface area contributed by atoms with Crippen molar-refractivity contribution in [1.29, 1.82) is 0 Å². The van der Waals surface area contributed by atoms with Gasteiger partial charge in [0.15, 0.2) is 0 Å². The average Bonchev–Trinajstić information content (AvgIpc) is 1.76. The molecule has 1 fully saturated rings. The van der Waals surface area contributed by atoms with Crippen molar-refractivity contribution in [1.82, 2.24) is 0 Å². The molecule has 0 radical (unpaired) electrons. The van der Waals surface area contributed by atoms with Crippen LogP contribution in [0.1, 0.15) is 0 Å². The van der Waals surface area contributed by atoms with Gasteiger partial charge in [-0.2, -0.15) is 0 Å². The first-order valence-corrected chi connectivity index (χ1v) is 7.92. The van der Waals surface area contributed by atoms with Crippen molar-refractivity contribution in [2.45, 2.75) is 0 Å². The molecule has 1 aliphatic heterocycles. The van der Waals surface area contributed by atoms with E-state index < -0.39 is 4.90 Å². The quantitative estimate of drug-likeness (QED) is 0.414. The van der Waals surface area contributed by atoms with Crippen LogP contribution in [0.2, 0.25) is 0 Å². The molecule has 1 heterocycles. The Kier molecular flexibility index (Phi) is 0.920. The Hall–Kier alpha value is 1.16. The first-order valence-electron chi connectivity index (χ1n) is 1.90. The van der Waals surface area contributed by atoms with Gasteiger partial charge in [0.25, 0.3) is 0 Å². The molecule has 0 N–H and O–H groups in total. The molecule has 0 aliphatic carbocycles. The Labute approximate surface area is 46.2 Å². The molecule has 0 aromatic carbocycles. The normalized spacial score (nSPS) is 36.4. The second kappa shape index (κ2) is 1.06. The molecule has 0 bridgehead atoms. The van der Waals surface area contributed by atoms with Gasteiger partial charge >= 0.3 is 45.9 Å². The second-order valence-electron chi connectivity index (χ2n) is 1.91. The van der Waals surface area contributed by atoms with Crippen LogP contribution in [0, 0.1) is 0 Å². The Morgan fingerprint density at radius 2 is 1.80 bits per heavy atom. The molecule has 0 aromatic rings. The summed E-state index contributed by atoms with van der Waals surface area (Å²) < 4.78 is 0. The first kappa shape index (κ1) is 4.32. The van der Waals surface area contributed by atoms with Crippen molar-refractivity contribution in [3.8, 4) is 0 Å². The van der Waals surface area contributed by atoms with Crippen LogP contribution >= 0.6 is 26.9 Å². The summed E-state index contributed by atoms with van der Waals surface area (Å²) in [5.74, 6) is 0. The third kappa shape index (κ3) is 1.36. The minimum atomic E-state index is -0.391. The number of hydrogen-bond donors (Lipinski definition) is 0. The number of hydrogen-bond acceptors (Lipinski definition) is 0. The van der Waals surface area contributed by atoms with E-state index in [0.717, 1.165) is 0 Å². The minimum absolute atomic E-state index is 0.391. The molecule has 0 aromatic heterocycles. The van der Waals surface area contributed by atoms with E-state index in [1.165, 1.54) is 0 Å². The predicted molar refractivity (Wildman–Crippen MR) is 38.0 cm³/mol. The first-order chi connectivity index (χ1) is 2.21. The molecule has 0 spiro atoms. The van der Waals surface area contributed by atoms with Crippen molar-refractivity contribution >= 4 is 26.9 Å². The Morgan fingerprint density at radius 1 is 1.60 bits per heavy atom. The van der Waals surface area contributed by atoms with Gasteiger partial charge in [0.05, 0.1) is 0 Å². The molecular formula is C3H8IP. The fourth-order valence-electron chi connectivity index (χ4n) is 0.172. The van der Waals surface area contributed by atoms with Crippen LogP contribution in [0.3, 0.4) is 0 Å². The van der Waals surface area contributed by atoms with Crippen molar-refractivity contribution in [2.24, 2.45) is 0 Å². The van der Waals surface area contributed by atoms with Gasteiger partial charge in [-0.15, -0.1) is 0 Å². The molecule has 5 heavy (non-hydrogen) atoms. The van der Waals surface area contributed by atoms with E-state index in [2.05, 4.69) is 28.7 Å². The fraction of sp³-hybridized carbons (Fsp3) is 1.00. The number of halogens is 1. The summed E-state index contributed by atoms with van der Waals surface area (Å²) in [7, 11) is 0. The molecular weight excluding hydrogens is 194 g/mol. The van der Waals surface area contributed by atoms with Gasteiger partial charge in [0.1, 0.15) is 0 Å². The maximum atomic E-state index is 2.63. The molecule has 0 nitrogen and oxygen atoms in total. The van der Waals surface area contributed by atoms with Gasteiger partial charge < -0.3 is 0 Å². The summed E-state index contributed by atoms with van der Waals surface area (Å²) in [6.07, 6.45) is 3.15. The molecule has 1 rings (SSSR count). The standard InChI is InChI=1S/C3H8IP/c1-5(4)2-3-5/h5H,2-3H2,1H3.